The smallest absolute Gasteiger partial charge is 0.0695 e. The van der Waals surface area contributed by atoms with Crippen LogP contribution in [0.3, 0.4) is 0 Å². The maximum Gasteiger partial charge on any atom is 0.0695 e. The van der Waals surface area contributed by atoms with E-state index in [4.69, 9.17) is 8.22 Å². The molecule has 4 heteroatoms. The normalized spacial score (nSPS) is 13.0. The quantitative estimate of drug-likeness (QED) is 0.175. The number of aromatic nitrogens is 3. The summed E-state index contributed by atoms with van der Waals surface area (Å²) in [6.07, 6.45) is 4.92. The second-order valence-corrected chi connectivity index (χ2v) is 8.39. The molecule has 0 saturated carbocycles. The number of aryl methyl sites for hydroxylation is 2. The van der Waals surface area contributed by atoms with Gasteiger partial charge in [0.15, 0.2) is 0 Å². The van der Waals surface area contributed by atoms with Crippen molar-refractivity contribution in [2.75, 3.05) is 0 Å². The Morgan fingerprint density at radius 1 is 0.615 bits per heavy atom. The molecule has 3 nitrogen and oxygen atoms in total. The third-order valence-electron chi connectivity index (χ3n) is 5.78. The minimum Gasteiger partial charge on any atom is -0.305 e. The molecule has 0 saturated heterocycles. The zero-order valence-corrected chi connectivity index (χ0v) is 23.2. The molecule has 0 aliphatic heterocycles. The van der Waals surface area contributed by atoms with Gasteiger partial charge in [-0.2, -0.15) is 0 Å². The monoisotopic (exact) mass is 688 g/mol. The molecule has 39 heavy (non-hydrogen) atoms. The average molecular weight is 688 g/mol. The first kappa shape index (κ1) is 20.7. The largest absolute Gasteiger partial charge is 0.305 e. The van der Waals surface area contributed by atoms with Crippen LogP contribution in [0.4, 0.5) is 0 Å². The van der Waals surface area contributed by atoms with Gasteiger partial charge in [0.25, 0.3) is 0 Å². The molecule has 0 atom stereocenters. The summed E-state index contributed by atoms with van der Waals surface area (Å²) in [5, 5.41) is 0. The van der Waals surface area contributed by atoms with E-state index in [9.17, 15) is 0 Å². The first-order valence-corrected chi connectivity index (χ1v) is 12.0. The van der Waals surface area contributed by atoms with E-state index in [-0.39, 0.29) is 31.2 Å². The minimum atomic E-state index is -2.27. The van der Waals surface area contributed by atoms with Crippen LogP contribution in [-0.2, 0) is 20.1 Å². The van der Waals surface area contributed by atoms with Crippen LogP contribution in [0.2, 0.25) is 0 Å². The standard InChI is InChI=1S/C19H16N.C16H11N2.Ir/c1-14-8-11-19(20-13-14)17-10-9-15(2)18(12-17)16-6-4-3-5-7-16;1-2-6-13(7-3-1)16-12-14(9-11-18-16)15-8-4-5-10-17-15;/h3-9,11-13H,1-2H3;1-6,8-12H;/q2*-1;/i1D3,2D3;;. The molecule has 0 unspecified atom stereocenters. The molecule has 0 aliphatic carbocycles. The summed E-state index contributed by atoms with van der Waals surface area (Å²) in [6, 6.07) is 39.4. The van der Waals surface area contributed by atoms with Crippen LogP contribution in [0.1, 0.15) is 19.4 Å². The van der Waals surface area contributed by atoms with Gasteiger partial charge in [0.2, 0.25) is 0 Å². The molecule has 3 heterocycles. The van der Waals surface area contributed by atoms with Gasteiger partial charge in [-0.3, -0.25) is 4.98 Å². The van der Waals surface area contributed by atoms with Gasteiger partial charge < -0.3 is 9.97 Å². The maximum atomic E-state index is 7.77. The number of hydrogen-bond donors (Lipinski definition) is 0. The van der Waals surface area contributed by atoms with Crippen molar-refractivity contribution < 1.29 is 28.3 Å². The van der Waals surface area contributed by atoms with Crippen LogP contribution in [0.25, 0.3) is 44.9 Å². The minimum absolute atomic E-state index is 0. The van der Waals surface area contributed by atoms with Gasteiger partial charge in [0.1, 0.15) is 0 Å². The molecule has 1 radical (unpaired) electrons. The summed E-state index contributed by atoms with van der Waals surface area (Å²) in [7, 11) is 0. The molecular formula is C35H27IrN3-2. The average Bonchev–Trinajstić information content (AvgIpc) is 3.05. The topological polar surface area (TPSA) is 38.7 Å². The predicted octanol–water partition coefficient (Wildman–Crippen LogP) is 8.44. The second kappa shape index (κ2) is 13.5. The van der Waals surface area contributed by atoms with E-state index in [0.717, 1.165) is 28.1 Å². The Kier molecular flexibility index (Phi) is 7.17. The summed E-state index contributed by atoms with van der Waals surface area (Å²) in [4.78, 5) is 12.9. The number of nitrogens with zero attached hydrogens (tertiary/aromatic N) is 3. The summed E-state index contributed by atoms with van der Waals surface area (Å²) in [6.45, 7) is -4.48. The molecule has 6 aromatic rings. The van der Waals surface area contributed by atoms with E-state index in [0.29, 0.717) is 16.8 Å². The van der Waals surface area contributed by atoms with Crippen LogP contribution in [0.15, 0.2) is 128 Å². The van der Waals surface area contributed by atoms with Crippen molar-refractivity contribution in [2.45, 2.75) is 13.7 Å². The molecule has 193 valence electrons. The van der Waals surface area contributed by atoms with Gasteiger partial charge in [0, 0.05) is 46.9 Å². The Morgan fingerprint density at radius 3 is 2.18 bits per heavy atom. The SMILES string of the molecule is [2H]C([2H])([2H])c1ccc(-c2[c-]cc(C([2H])([2H])[2H])c(-c3ccccc3)c2)nc1.[Ir].[c-]1ccccc1-c1cc(-c2ccccn2)ccn1. The number of hydrogen-bond acceptors (Lipinski definition) is 3. The van der Waals surface area contributed by atoms with Crippen molar-refractivity contribution in [1.29, 1.82) is 0 Å². The molecule has 6 rings (SSSR count). The third kappa shape index (κ3) is 7.20. The van der Waals surface area contributed by atoms with Gasteiger partial charge in [-0.15, -0.1) is 65.2 Å². The van der Waals surface area contributed by atoms with E-state index in [1.165, 1.54) is 18.3 Å². The molecule has 0 spiro atoms. The third-order valence-corrected chi connectivity index (χ3v) is 5.78. The van der Waals surface area contributed by atoms with Crippen molar-refractivity contribution in [3.8, 4) is 44.9 Å². The molecule has 0 bridgehead atoms. The van der Waals surface area contributed by atoms with Crippen LogP contribution >= 0.6 is 0 Å². The van der Waals surface area contributed by atoms with E-state index in [1.54, 1.807) is 24.5 Å². The maximum absolute atomic E-state index is 7.77. The Labute approximate surface area is 252 Å². The second-order valence-electron chi connectivity index (χ2n) is 8.39. The first-order valence-electron chi connectivity index (χ1n) is 15.0. The number of rotatable bonds is 4. The van der Waals surface area contributed by atoms with Gasteiger partial charge in [-0.05, 0) is 53.1 Å². The Bertz CT molecular complexity index is 1760. The fraction of sp³-hybridized carbons (Fsp3) is 0.0571. The van der Waals surface area contributed by atoms with E-state index < -0.39 is 13.7 Å². The van der Waals surface area contributed by atoms with Crippen molar-refractivity contribution in [1.82, 2.24) is 15.0 Å². The summed E-state index contributed by atoms with van der Waals surface area (Å²) < 4.78 is 45.6. The van der Waals surface area contributed by atoms with E-state index in [1.807, 2.05) is 84.9 Å². The molecular weight excluding hydrogens is 655 g/mol. The van der Waals surface area contributed by atoms with Crippen LogP contribution in [0.5, 0.6) is 0 Å². The van der Waals surface area contributed by atoms with Crippen molar-refractivity contribution >= 4 is 0 Å². The van der Waals surface area contributed by atoms with Crippen LogP contribution in [0, 0.1) is 25.8 Å². The fourth-order valence-corrected chi connectivity index (χ4v) is 3.87. The van der Waals surface area contributed by atoms with Gasteiger partial charge in [-0.25, -0.2) is 0 Å². The number of pyridine rings is 3. The van der Waals surface area contributed by atoms with Gasteiger partial charge >= 0.3 is 0 Å². The van der Waals surface area contributed by atoms with Crippen LogP contribution < -0.4 is 0 Å². The summed E-state index contributed by atoms with van der Waals surface area (Å²) >= 11 is 0. The molecule has 0 amide bonds. The van der Waals surface area contributed by atoms with E-state index in [2.05, 4.69) is 27.1 Å². The Balaban J connectivity index is 0.000000213. The zero-order valence-electron chi connectivity index (χ0n) is 26.8. The molecule has 3 aromatic carbocycles. The molecule has 0 aliphatic rings. The van der Waals surface area contributed by atoms with Crippen molar-refractivity contribution in [3.63, 3.8) is 0 Å². The van der Waals surface area contributed by atoms with E-state index >= 15 is 0 Å². The molecule has 3 aromatic heterocycles. The Morgan fingerprint density at radius 2 is 1.46 bits per heavy atom. The summed E-state index contributed by atoms with van der Waals surface area (Å²) in [5.41, 5.74) is 6.81. The molecule has 0 N–H and O–H groups in total. The Hall–Kier alpha value is -4.24. The van der Waals surface area contributed by atoms with Gasteiger partial charge in [-0.1, -0.05) is 67.0 Å². The van der Waals surface area contributed by atoms with Crippen molar-refractivity contribution in [2.24, 2.45) is 0 Å². The summed E-state index contributed by atoms with van der Waals surface area (Å²) in [5.74, 6) is 0. The van der Waals surface area contributed by atoms with Crippen LogP contribution in [-0.4, -0.2) is 15.0 Å². The zero-order chi connectivity index (χ0) is 31.2. The first-order chi connectivity index (χ1) is 21.1. The fourth-order valence-electron chi connectivity index (χ4n) is 3.87. The van der Waals surface area contributed by atoms with Gasteiger partial charge in [0.05, 0.1) is 5.69 Å². The van der Waals surface area contributed by atoms with Crippen molar-refractivity contribution in [3.05, 3.63) is 151 Å². The molecule has 0 fully saturated rings. The predicted molar refractivity (Wildman–Crippen MR) is 155 cm³/mol. The number of benzene rings is 3.